The summed E-state index contributed by atoms with van der Waals surface area (Å²) >= 11 is 6.15. The van der Waals surface area contributed by atoms with Gasteiger partial charge in [0.1, 0.15) is 18.4 Å². The van der Waals surface area contributed by atoms with Crippen LogP contribution >= 0.6 is 11.6 Å². The van der Waals surface area contributed by atoms with Gasteiger partial charge in [-0.25, -0.2) is 4.79 Å². The highest BCUT2D eigenvalue weighted by Gasteiger charge is 2.42. The maximum Gasteiger partial charge on any atom is 0.319 e. The highest BCUT2D eigenvalue weighted by atomic mass is 35.5. The Kier molecular flexibility index (Phi) is 9.53. The van der Waals surface area contributed by atoms with E-state index in [2.05, 4.69) is 38.0 Å². The number of nitrogens with zero attached hydrogens (tertiary/aromatic N) is 2. The number of nitrogens with one attached hydrogen (secondary N) is 2. The van der Waals surface area contributed by atoms with E-state index >= 15 is 0 Å². The molecule has 2 N–H and O–H groups in total. The summed E-state index contributed by atoms with van der Waals surface area (Å²) in [7, 11) is 0. The molecule has 3 aromatic rings. The number of carbonyl (C=O) groups is 4. The Morgan fingerprint density at radius 1 is 1.02 bits per heavy atom. The first kappa shape index (κ1) is 32.8. The molecule has 3 aromatic carbocycles. The molecule has 240 valence electrons. The zero-order valence-corrected chi connectivity index (χ0v) is 27.4. The molecule has 5 amide bonds. The fourth-order valence-corrected chi connectivity index (χ4v) is 5.50. The Bertz CT molecular complexity index is 1700. The predicted octanol–water partition coefficient (Wildman–Crippen LogP) is 6.62. The van der Waals surface area contributed by atoms with Crippen LogP contribution in [0.5, 0.6) is 5.75 Å². The van der Waals surface area contributed by atoms with Gasteiger partial charge in [0.15, 0.2) is 0 Å². The Morgan fingerprint density at radius 3 is 2.43 bits per heavy atom. The predicted molar refractivity (Wildman–Crippen MR) is 177 cm³/mol. The number of piperidine rings is 1. The SMILES string of the molecule is C=C(COc1ccc(CN2C(=O)CCC(N3Cc4cc(CNC(=O)Nc5ccc(C)c(Cl)c5)ccc4C3=O)C2=O)cc1)C(C)(C)C. The number of hydrogen-bond acceptors (Lipinski definition) is 5. The summed E-state index contributed by atoms with van der Waals surface area (Å²) in [5, 5.41) is 6.14. The van der Waals surface area contributed by atoms with Crippen molar-refractivity contribution >= 4 is 41.0 Å². The number of anilines is 1. The summed E-state index contributed by atoms with van der Waals surface area (Å²) < 4.78 is 5.86. The van der Waals surface area contributed by atoms with E-state index in [1.54, 1.807) is 29.2 Å². The number of carbonyl (C=O) groups excluding carboxylic acids is 4. The van der Waals surface area contributed by atoms with Crippen LogP contribution < -0.4 is 15.4 Å². The minimum absolute atomic E-state index is 0.0563. The second-order valence-corrected chi connectivity index (χ2v) is 13.3. The average Bonchev–Trinajstić information content (AvgIpc) is 3.34. The van der Waals surface area contributed by atoms with Crippen molar-refractivity contribution in [1.82, 2.24) is 15.1 Å². The van der Waals surface area contributed by atoms with E-state index in [1.165, 1.54) is 4.90 Å². The summed E-state index contributed by atoms with van der Waals surface area (Å²) in [5.41, 5.74) is 5.31. The number of fused-ring (bicyclic) bond motifs is 1. The first-order chi connectivity index (χ1) is 21.8. The van der Waals surface area contributed by atoms with E-state index < -0.39 is 6.04 Å². The van der Waals surface area contributed by atoms with Gasteiger partial charge in [-0.15, -0.1) is 0 Å². The van der Waals surface area contributed by atoms with Gasteiger partial charge in [-0.2, -0.15) is 0 Å². The van der Waals surface area contributed by atoms with E-state index in [9.17, 15) is 19.2 Å². The molecule has 0 radical (unpaired) electrons. The molecule has 1 saturated heterocycles. The highest BCUT2D eigenvalue weighted by Crippen LogP contribution is 2.31. The molecule has 0 aromatic heterocycles. The lowest BCUT2D eigenvalue weighted by atomic mass is 9.88. The van der Waals surface area contributed by atoms with Gasteiger partial charge in [0, 0.05) is 35.8 Å². The number of benzene rings is 3. The number of urea groups is 1. The molecule has 1 atom stereocenters. The fraction of sp³-hybridized carbons (Fsp3) is 0.333. The Labute approximate surface area is 274 Å². The van der Waals surface area contributed by atoms with E-state index in [4.69, 9.17) is 16.3 Å². The normalized spacial score (nSPS) is 16.4. The lowest BCUT2D eigenvalue weighted by Gasteiger charge is -2.35. The van der Waals surface area contributed by atoms with E-state index in [0.717, 1.165) is 27.8 Å². The molecule has 5 rings (SSSR count). The van der Waals surface area contributed by atoms with Gasteiger partial charge in [0.2, 0.25) is 5.91 Å². The summed E-state index contributed by atoms with van der Waals surface area (Å²) in [4.78, 5) is 55.1. The lowest BCUT2D eigenvalue weighted by Crippen LogP contribution is -2.54. The molecule has 0 aliphatic carbocycles. The smallest absolute Gasteiger partial charge is 0.319 e. The average molecular weight is 643 g/mol. The molecule has 1 unspecified atom stereocenters. The molecule has 1 fully saturated rings. The number of aryl methyl sites for hydroxylation is 1. The topological polar surface area (TPSA) is 108 Å². The number of likely N-dealkylation sites (tertiary alicyclic amines) is 1. The first-order valence-electron chi connectivity index (χ1n) is 15.3. The number of rotatable bonds is 9. The zero-order chi connectivity index (χ0) is 33.2. The monoisotopic (exact) mass is 642 g/mol. The lowest BCUT2D eigenvalue weighted by molar-refractivity contribution is -0.153. The Hall–Kier alpha value is -4.63. The third-order valence-corrected chi connectivity index (χ3v) is 8.89. The van der Waals surface area contributed by atoms with Crippen LogP contribution in [0, 0.1) is 12.3 Å². The zero-order valence-electron chi connectivity index (χ0n) is 26.6. The summed E-state index contributed by atoms with van der Waals surface area (Å²) in [6.07, 6.45) is 0.444. The minimum Gasteiger partial charge on any atom is -0.489 e. The second kappa shape index (κ2) is 13.4. The van der Waals surface area contributed by atoms with Gasteiger partial charge in [0.05, 0.1) is 6.54 Å². The quantitative estimate of drug-likeness (QED) is 0.201. The molecule has 9 nitrogen and oxygen atoms in total. The van der Waals surface area contributed by atoms with Crippen LogP contribution in [0.15, 0.2) is 72.8 Å². The number of ether oxygens (including phenoxy) is 1. The van der Waals surface area contributed by atoms with E-state index in [1.807, 2.05) is 43.3 Å². The van der Waals surface area contributed by atoms with Crippen molar-refractivity contribution in [2.45, 2.75) is 66.2 Å². The van der Waals surface area contributed by atoms with E-state index in [0.29, 0.717) is 28.6 Å². The van der Waals surface area contributed by atoms with Crippen molar-refractivity contribution in [2.24, 2.45) is 5.41 Å². The van der Waals surface area contributed by atoms with Crippen molar-refractivity contribution in [3.8, 4) is 5.75 Å². The van der Waals surface area contributed by atoms with Crippen molar-refractivity contribution in [3.05, 3.63) is 106 Å². The number of imide groups is 1. The fourth-order valence-electron chi connectivity index (χ4n) is 5.32. The van der Waals surface area contributed by atoms with Gasteiger partial charge in [-0.1, -0.05) is 69.3 Å². The van der Waals surface area contributed by atoms with E-state index in [-0.39, 0.29) is 61.6 Å². The van der Waals surface area contributed by atoms with Gasteiger partial charge < -0.3 is 20.3 Å². The molecule has 0 spiro atoms. The van der Waals surface area contributed by atoms with Crippen LogP contribution in [0.3, 0.4) is 0 Å². The molecule has 2 aliphatic rings. The van der Waals surface area contributed by atoms with Crippen LogP contribution in [0.1, 0.15) is 66.2 Å². The van der Waals surface area contributed by atoms with Gasteiger partial charge in [0.25, 0.3) is 11.8 Å². The number of amides is 5. The minimum atomic E-state index is -0.739. The van der Waals surface area contributed by atoms with Crippen molar-refractivity contribution in [1.29, 1.82) is 0 Å². The Balaban J connectivity index is 1.18. The van der Waals surface area contributed by atoms with Crippen molar-refractivity contribution < 1.29 is 23.9 Å². The van der Waals surface area contributed by atoms with Crippen molar-refractivity contribution in [2.75, 3.05) is 11.9 Å². The number of halogens is 1. The molecule has 2 aliphatic heterocycles. The molecule has 10 heteroatoms. The maximum atomic E-state index is 13.6. The van der Waals surface area contributed by atoms with Crippen molar-refractivity contribution in [3.63, 3.8) is 0 Å². The standard InChI is InChI=1S/C36H39ClN4O5/c1-22-6-10-27(17-30(22)37)39-35(45)38-18-25-9-13-29-26(16-25)20-40(33(29)43)31-14-15-32(42)41(34(31)44)19-24-7-11-28(12-8-24)46-21-23(2)36(3,4)5/h6-13,16-17,31H,2,14-15,18-21H2,1,3-5H3,(H2,38,39,45). The van der Waals surface area contributed by atoms with Crippen LogP contribution in [-0.4, -0.2) is 46.2 Å². The molecule has 0 bridgehead atoms. The highest BCUT2D eigenvalue weighted by molar-refractivity contribution is 6.31. The van der Waals surface area contributed by atoms with Gasteiger partial charge in [-0.05, 0) is 76.9 Å². The van der Waals surface area contributed by atoms with Crippen LogP contribution in [-0.2, 0) is 29.2 Å². The molecular weight excluding hydrogens is 604 g/mol. The maximum absolute atomic E-state index is 13.6. The molecule has 0 saturated carbocycles. The largest absolute Gasteiger partial charge is 0.489 e. The third-order valence-electron chi connectivity index (χ3n) is 8.48. The molecule has 2 heterocycles. The van der Waals surface area contributed by atoms with Crippen LogP contribution in [0.25, 0.3) is 0 Å². The second-order valence-electron chi connectivity index (χ2n) is 12.9. The molecule has 46 heavy (non-hydrogen) atoms. The summed E-state index contributed by atoms with van der Waals surface area (Å²) in [5.74, 6) is -0.203. The number of hydrogen-bond donors (Lipinski definition) is 2. The van der Waals surface area contributed by atoms with Crippen LogP contribution in [0.2, 0.25) is 5.02 Å². The van der Waals surface area contributed by atoms with Gasteiger partial charge >= 0.3 is 6.03 Å². The van der Waals surface area contributed by atoms with Crippen LogP contribution in [0.4, 0.5) is 10.5 Å². The molecular formula is C36H39ClN4O5. The first-order valence-corrected chi connectivity index (χ1v) is 15.7. The summed E-state index contributed by atoms with van der Waals surface area (Å²) in [6, 6.07) is 16.8. The van der Waals surface area contributed by atoms with Gasteiger partial charge in [-0.3, -0.25) is 19.3 Å². The Morgan fingerprint density at radius 2 is 1.74 bits per heavy atom. The third kappa shape index (κ3) is 7.42. The summed E-state index contributed by atoms with van der Waals surface area (Å²) in [6.45, 7) is 13.2.